The predicted molar refractivity (Wildman–Crippen MR) is 52.5 cm³/mol. The zero-order valence-electron chi connectivity index (χ0n) is 8.60. The van der Waals surface area contributed by atoms with Crippen molar-refractivity contribution >= 4 is 5.91 Å². The summed E-state index contributed by atoms with van der Waals surface area (Å²) in [7, 11) is 0. The van der Waals surface area contributed by atoms with Gasteiger partial charge in [-0.3, -0.25) is 4.79 Å². The van der Waals surface area contributed by atoms with Gasteiger partial charge in [0, 0.05) is 31.4 Å². The Kier molecular flexibility index (Phi) is 2.27. The molecule has 0 bridgehead atoms. The average Bonchev–Trinajstić information content (AvgIpc) is 2.62. The molecule has 0 aromatic carbocycles. The highest BCUT2D eigenvalue weighted by Crippen LogP contribution is 2.12. The summed E-state index contributed by atoms with van der Waals surface area (Å²) in [6.07, 6.45) is 3.76. The van der Waals surface area contributed by atoms with Gasteiger partial charge in [0.25, 0.3) is 0 Å². The Balaban J connectivity index is 2.11. The van der Waals surface area contributed by atoms with Crippen molar-refractivity contribution in [3.05, 3.63) is 18.2 Å². The molecule has 1 aromatic heterocycles. The van der Waals surface area contributed by atoms with Crippen LogP contribution >= 0.6 is 0 Å². The van der Waals surface area contributed by atoms with Crippen molar-refractivity contribution in [1.29, 1.82) is 0 Å². The van der Waals surface area contributed by atoms with Crippen LogP contribution in [0.2, 0.25) is 0 Å². The number of nitrogens with zero attached hydrogens (tertiary/aromatic N) is 3. The molecule has 0 fully saturated rings. The van der Waals surface area contributed by atoms with Crippen molar-refractivity contribution in [2.24, 2.45) is 5.92 Å². The number of hydrogen-bond acceptors (Lipinski definition) is 2. The number of aromatic nitrogens is 2. The number of hydrogen-bond donors (Lipinski definition) is 0. The molecule has 1 amide bonds. The van der Waals surface area contributed by atoms with Gasteiger partial charge in [-0.05, 0) is 0 Å². The molecule has 0 saturated heterocycles. The first-order valence-electron chi connectivity index (χ1n) is 4.97. The zero-order chi connectivity index (χ0) is 10.1. The van der Waals surface area contributed by atoms with Crippen molar-refractivity contribution in [2.75, 3.05) is 6.54 Å². The fourth-order valence-corrected chi connectivity index (χ4v) is 1.73. The third-order valence-corrected chi connectivity index (χ3v) is 2.55. The molecule has 4 heteroatoms. The molecule has 14 heavy (non-hydrogen) atoms. The molecule has 2 heterocycles. The minimum absolute atomic E-state index is 0.0801. The maximum absolute atomic E-state index is 11.7. The van der Waals surface area contributed by atoms with Crippen LogP contribution in [-0.2, 0) is 17.9 Å². The second kappa shape index (κ2) is 3.44. The van der Waals surface area contributed by atoms with E-state index in [0.29, 0.717) is 6.54 Å². The van der Waals surface area contributed by atoms with Gasteiger partial charge >= 0.3 is 0 Å². The summed E-state index contributed by atoms with van der Waals surface area (Å²) in [4.78, 5) is 17.8. The average molecular weight is 193 g/mol. The minimum atomic E-state index is 0.0801. The number of amides is 1. The Morgan fingerprint density at radius 2 is 2.29 bits per heavy atom. The Labute approximate surface area is 83.5 Å². The molecule has 1 aliphatic heterocycles. The highest BCUT2D eigenvalue weighted by atomic mass is 16.2. The highest BCUT2D eigenvalue weighted by Gasteiger charge is 2.22. The smallest absolute Gasteiger partial charge is 0.225 e. The first-order valence-corrected chi connectivity index (χ1v) is 4.97. The molecule has 1 aliphatic rings. The lowest BCUT2D eigenvalue weighted by molar-refractivity contribution is -0.136. The Morgan fingerprint density at radius 3 is 3.00 bits per heavy atom. The van der Waals surface area contributed by atoms with Crippen molar-refractivity contribution in [3.63, 3.8) is 0 Å². The number of imidazole rings is 1. The largest absolute Gasteiger partial charge is 0.333 e. The zero-order valence-corrected chi connectivity index (χ0v) is 8.60. The normalized spacial score (nSPS) is 15.8. The second-order valence-corrected chi connectivity index (χ2v) is 3.95. The van der Waals surface area contributed by atoms with Crippen LogP contribution in [0.5, 0.6) is 0 Å². The molecule has 2 rings (SSSR count). The minimum Gasteiger partial charge on any atom is -0.333 e. The second-order valence-electron chi connectivity index (χ2n) is 3.95. The Morgan fingerprint density at radius 1 is 1.50 bits per heavy atom. The number of rotatable bonds is 1. The van der Waals surface area contributed by atoms with E-state index in [1.807, 2.05) is 24.9 Å². The van der Waals surface area contributed by atoms with Crippen LogP contribution in [0, 0.1) is 5.92 Å². The lowest BCUT2D eigenvalue weighted by Gasteiger charge is -2.29. The van der Waals surface area contributed by atoms with Crippen molar-refractivity contribution < 1.29 is 4.79 Å². The van der Waals surface area contributed by atoms with Crippen molar-refractivity contribution in [2.45, 2.75) is 26.9 Å². The molecule has 0 saturated carbocycles. The summed E-state index contributed by atoms with van der Waals surface area (Å²) < 4.78 is 2.10. The number of fused-ring (bicyclic) bond motifs is 1. The SMILES string of the molecule is CC(C)C(=O)N1CCn2ccnc2C1. The van der Waals surface area contributed by atoms with Gasteiger partial charge in [0.1, 0.15) is 5.82 Å². The molecule has 76 valence electrons. The van der Waals surface area contributed by atoms with Crippen LogP contribution < -0.4 is 0 Å². The monoisotopic (exact) mass is 193 g/mol. The first kappa shape index (κ1) is 9.24. The standard InChI is InChI=1S/C10H15N3O/c1-8(2)10(14)13-6-5-12-4-3-11-9(12)7-13/h3-4,8H,5-7H2,1-2H3. The molecule has 4 nitrogen and oxygen atoms in total. The van der Waals surface area contributed by atoms with Gasteiger partial charge in [-0.1, -0.05) is 13.8 Å². The van der Waals surface area contributed by atoms with Crippen LogP contribution in [0.25, 0.3) is 0 Å². The van der Waals surface area contributed by atoms with E-state index >= 15 is 0 Å². The molecule has 0 unspecified atom stereocenters. The molecule has 0 spiro atoms. The van der Waals surface area contributed by atoms with Crippen LogP contribution in [0.3, 0.4) is 0 Å². The van der Waals surface area contributed by atoms with Gasteiger partial charge in [0.15, 0.2) is 0 Å². The Hall–Kier alpha value is -1.32. The molecule has 0 atom stereocenters. The van der Waals surface area contributed by atoms with E-state index < -0.39 is 0 Å². The van der Waals surface area contributed by atoms with Crippen molar-refractivity contribution in [1.82, 2.24) is 14.5 Å². The van der Waals surface area contributed by atoms with E-state index in [0.717, 1.165) is 18.9 Å². The number of carbonyl (C=O) groups excluding carboxylic acids is 1. The van der Waals surface area contributed by atoms with Gasteiger partial charge in [-0.2, -0.15) is 0 Å². The third-order valence-electron chi connectivity index (χ3n) is 2.55. The molecular formula is C10H15N3O. The summed E-state index contributed by atoms with van der Waals surface area (Å²) >= 11 is 0. The quantitative estimate of drug-likeness (QED) is 0.664. The van der Waals surface area contributed by atoms with E-state index in [2.05, 4.69) is 9.55 Å². The molecule has 0 aliphatic carbocycles. The lowest BCUT2D eigenvalue weighted by Crippen LogP contribution is -2.40. The lowest BCUT2D eigenvalue weighted by atomic mass is 10.2. The molecule has 0 N–H and O–H groups in total. The van der Waals surface area contributed by atoms with Gasteiger partial charge < -0.3 is 9.47 Å². The first-order chi connectivity index (χ1) is 6.68. The predicted octanol–water partition coefficient (Wildman–Crippen LogP) is 0.881. The van der Waals surface area contributed by atoms with E-state index in [9.17, 15) is 4.79 Å². The van der Waals surface area contributed by atoms with Gasteiger partial charge in [0.2, 0.25) is 5.91 Å². The Bertz CT molecular complexity index is 343. The highest BCUT2D eigenvalue weighted by molar-refractivity contribution is 5.78. The molecular weight excluding hydrogens is 178 g/mol. The van der Waals surface area contributed by atoms with E-state index in [1.165, 1.54) is 0 Å². The van der Waals surface area contributed by atoms with E-state index in [-0.39, 0.29) is 11.8 Å². The summed E-state index contributed by atoms with van der Waals surface area (Å²) in [6, 6.07) is 0. The summed E-state index contributed by atoms with van der Waals surface area (Å²) in [5, 5.41) is 0. The topological polar surface area (TPSA) is 38.1 Å². The van der Waals surface area contributed by atoms with Gasteiger partial charge in [-0.25, -0.2) is 4.98 Å². The van der Waals surface area contributed by atoms with Crippen LogP contribution in [-0.4, -0.2) is 26.9 Å². The maximum Gasteiger partial charge on any atom is 0.225 e. The number of carbonyl (C=O) groups is 1. The van der Waals surface area contributed by atoms with Gasteiger partial charge in [0.05, 0.1) is 6.54 Å². The fourth-order valence-electron chi connectivity index (χ4n) is 1.73. The van der Waals surface area contributed by atoms with Crippen LogP contribution in [0.4, 0.5) is 0 Å². The summed E-state index contributed by atoms with van der Waals surface area (Å²) in [6.45, 7) is 6.20. The summed E-state index contributed by atoms with van der Waals surface area (Å²) in [5.41, 5.74) is 0. The van der Waals surface area contributed by atoms with E-state index in [1.54, 1.807) is 6.20 Å². The third kappa shape index (κ3) is 1.52. The van der Waals surface area contributed by atoms with Crippen molar-refractivity contribution in [3.8, 4) is 0 Å². The molecule has 1 aromatic rings. The summed E-state index contributed by atoms with van der Waals surface area (Å²) in [5.74, 6) is 1.29. The van der Waals surface area contributed by atoms with E-state index in [4.69, 9.17) is 0 Å². The molecule has 0 radical (unpaired) electrons. The van der Waals surface area contributed by atoms with Crippen LogP contribution in [0.15, 0.2) is 12.4 Å². The fraction of sp³-hybridized carbons (Fsp3) is 0.600. The van der Waals surface area contributed by atoms with Gasteiger partial charge in [-0.15, -0.1) is 0 Å². The maximum atomic E-state index is 11.7. The van der Waals surface area contributed by atoms with Crippen LogP contribution in [0.1, 0.15) is 19.7 Å².